The Labute approximate surface area is 112 Å². The van der Waals surface area contributed by atoms with Crippen molar-refractivity contribution in [3.05, 3.63) is 36.0 Å². The predicted molar refractivity (Wildman–Crippen MR) is 71.6 cm³/mol. The molecule has 0 radical (unpaired) electrons. The Morgan fingerprint density at radius 1 is 1.58 bits per heavy atom. The number of nitrogens with one attached hydrogen (secondary N) is 1. The Hall–Kier alpha value is -2.08. The van der Waals surface area contributed by atoms with Crippen LogP contribution in [0.5, 0.6) is 0 Å². The van der Waals surface area contributed by atoms with Crippen LogP contribution < -0.4 is 5.32 Å². The van der Waals surface area contributed by atoms with Crippen molar-refractivity contribution in [2.45, 2.75) is 13.5 Å². The fraction of sp³-hybridized carbons (Fsp3) is 0.385. The maximum absolute atomic E-state index is 11.9. The van der Waals surface area contributed by atoms with E-state index in [1.807, 2.05) is 32.0 Å². The number of aromatic nitrogens is 2. The van der Waals surface area contributed by atoms with E-state index in [0.717, 1.165) is 16.9 Å². The largest absolute Gasteiger partial charge is 0.472 e. The Balaban J connectivity index is 1.85. The van der Waals surface area contributed by atoms with Gasteiger partial charge in [-0.25, -0.2) is 0 Å². The number of anilines is 1. The second-order valence-corrected chi connectivity index (χ2v) is 4.65. The molecule has 1 amide bonds. The fourth-order valence-electron chi connectivity index (χ4n) is 1.91. The molecule has 6 nitrogen and oxygen atoms in total. The molecule has 102 valence electrons. The number of likely N-dealkylation sites (N-methyl/N-ethyl adjacent to an activating group) is 1. The maximum Gasteiger partial charge on any atom is 0.238 e. The number of amides is 1. The smallest absolute Gasteiger partial charge is 0.238 e. The highest BCUT2D eigenvalue weighted by Gasteiger charge is 2.10. The molecule has 0 aliphatic heterocycles. The molecule has 2 heterocycles. The first-order valence-corrected chi connectivity index (χ1v) is 6.04. The van der Waals surface area contributed by atoms with Crippen molar-refractivity contribution >= 4 is 11.6 Å². The van der Waals surface area contributed by atoms with Crippen molar-refractivity contribution < 1.29 is 9.21 Å². The Morgan fingerprint density at radius 3 is 2.95 bits per heavy atom. The number of carbonyl (C=O) groups excluding carboxylic acids is 1. The summed E-state index contributed by atoms with van der Waals surface area (Å²) in [7, 11) is 3.72. The van der Waals surface area contributed by atoms with Gasteiger partial charge >= 0.3 is 0 Å². The Kier molecular flexibility index (Phi) is 4.01. The normalized spacial score (nSPS) is 10.9. The van der Waals surface area contributed by atoms with Crippen LogP contribution in [0.4, 0.5) is 5.69 Å². The molecule has 1 N–H and O–H groups in total. The van der Waals surface area contributed by atoms with Gasteiger partial charge in [-0.05, 0) is 20.0 Å². The summed E-state index contributed by atoms with van der Waals surface area (Å²) in [5, 5.41) is 7.03. The minimum absolute atomic E-state index is 0.0536. The lowest BCUT2D eigenvalue weighted by Gasteiger charge is -2.14. The van der Waals surface area contributed by atoms with E-state index < -0.39 is 0 Å². The van der Waals surface area contributed by atoms with E-state index in [9.17, 15) is 4.79 Å². The molecular weight excluding hydrogens is 244 g/mol. The van der Waals surface area contributed by atoms with Crippen LogP contribution in [-0.2, 0) is 18.4 Å². The summed E-state index contributed by atoms with van der Waals surface area (Å²) in [6, 6.07) is 1.89. The molecule has 2 rings (SSSR count). The monoisotopic (exact) mass is 262 g/mol. The molecule has 2 aromatic heterocycles. The number of furan rings is 1. The number of rotatable bonds is 5. The van der Waals surface area contributed by atoms with E-state index in [0.29, 0.717) is 13.1 Å². The lowest BCUT2D eigenvalue weighted by Crippen LogP contribution is -2.29. The van der Waals surface area contributed by atoms with Crippen molar-refractivity contribution in [1.82, 2.24) is 14.7 Å². The third-order valence-electron chi connectivity index (χ3n) is 2.73. The maximum atomic E-state index is 11.9. The summed E-state index contributed by atoms with van der Waals surface area (Å²) < 4.78 is 6.68. The number of hydrogen-bond donors (Lipinski definition) is 1. The van der Waals surface area contributed by atoms with Crippen LogP contribution in [0.15, 0.2) is 29.2 Å². The Morgan fingerprint density at radius 2 is 2.37 bits per heavy atom. The van der Waals surface area contributed by atoms with Crippen molar-refractivity contribution in [3.8, 4) is 0 Å². The molecule has 0 atom stereocenters. The van der Waals surface area contributed by atoms with Gasteiger partial charge in [0.1, 0.15) is 0 Å². The molecule has 6 heteroatoms. The molecule has 0 saturated heterocycles. The molecular formula is C13H18N4O2. The van der Waals surface area contributed by atoms with Crippen LogP contribution in [0.25, 0.3) is 0 Å². The molecule has 19 heavy (non-hydrogen) atoms. The van der Waals surface area contributed by atoms with Crippen molar-refractivity contribution in [3.63, 3.8) is 0 Å². The third kappa shape index (κ3) is 3.69. The Bertz CT molecular complexity index is 545. The van der Waals surface area contributed by atoms with Gasteiger partial charge in [-0.15, -0.1) is 0 Å². The van der Waals surface area contributed by atoms with Crippen LogP contribution in [-0.4, -0.2) is 34.2 Å². The van der Waals surface area contributed by atoms with Crippen molar-refractivity contribution in [1.29, 1.82) is 0 Å². The van der Waals surface area contributed by atoms with Gasteiger partial charge in [0.15, 0.2) is 0 Å². The second-order valence-electron chi connectivity index (χ2n) is 4.65. The fourth-order valence-corrected chi connectivity index (χ4v) is 1.91. The lowest BCUT2D eigenvalue weighted by molar-refractivity contribution is -0.117. The standard InChI is InChI=1S/C13H18N4O2/c1-10-12(7-17(3)15-10)14-13(18)8-16(2)6-11-4-5-19-9-11/h4-5,7,9H,6,8H2,1-3H3,(H,14,18). The van der Waals surface area contributed by atoms with E-state index in [4.69, 9.17) is 4.42 Å². The van der Waals surface area contributed by atoms with Gasteiger partial charge in [0.05, 0.1) is 30.5 Å². The molecule has 0 fully saturated rings. The molecule has 0 saturated carbocycles. The SMILES string of the molecule is Cc1nn(C)cc1NC(=O)CN(C)Cc1ccoc1. The molecule has 0 spiro atoms. The average molecular weight is 262 g/mol. The van der Waals surface area contributed by atoms with E-state index in [2.05, 4.69) is 10.4 Å². The quantitative estimate of drug-likeness (QED) is 0.884. The summed E-state index contributed by atoms with van der Waals surface area (Å²) >= 11 is 0. The van der Waals surface area contributed by atoms with Gasteiger partial charge in [0.2, 0.25) is 5.91 Å². The van der Waals surface area contributed by atoms with E-state index in [1.165, 1.54) is 0 Å². The molecule has 0 aliphatic carbocycles. The summed E-state index contributed by atoms with van der Waals surface area (Å²) in [5.74, 6) is -0.0536. The van der Waals surface area contributed by atoms with E-state index in [-0.39, 0.29) is 5.91 Å². The molecule has 0 bridgehead atoms. The highest BCUT2D eigenvalue weighted by Crippen LogP contribution is 2.11. The number of nitrogens with zero attached hydrogens (tertiary/aromatic N) is 3. The van der Waals surface area contributed by atoms with Gasteiger partial charge in [-0.3, -0.25) is 14.4 Å². The average Bonchev–Trinajstić information content (AvgIpc) is 2.89. The van der Waals surface area contributed by atoms with Gasteiger partial charge in [-0.1, -0.05) is 0 Å². The van der Waals surface area contributed by atoms with Gasteiger partial charge < -0.3 is 9.73 Å². The first kappa shape index (κ1) is 13.4. The first-order valence-electron chi connectivity index (χ1n) is 6.04. The highest BCUT2D eigenvalue weighted by molar-refractivity contribution is 5.92. The minimum Gasteiger partial charge on any atom is -0.472 e. The number of aryl methyl sites for hydroxylation is 2. The zero-order valence-corrected chi connectivity index (χ0v) is 11.4. The van der Waals surface area contributed by atoms with Crippen molar-refractivity contribution in [2.75, 3.05) is 18.9 Å². The predicted octanol–water partition coefficient (Wildman–Crippen LogP) is 1.39. The highest BCUT2D eigenvalue weighted by atomic mass is 16.3. The van der Waals surface area contributed by atoms with Crippen LogP contribution in [0, 0.1) is 6.92 Å². The van der Waals surface area contributed by atoms with Gasteiger partial charge in [0, 0.05) is 25.4 Å². The van der Waals surface area contributed by atoms with Crippen molar-refractivity contribution in [2.24, 2.45) is 7.05 Å². The summed E-state index contributed by atoms with van der Waals surface area (Å²) in [5.41, 5.74) is 2.62. The number of carbonyl (C=O) groups is 1. The van der Waals surface area contributed by atoms with Crippen LogP contribution in [0.2, 0.25) is 0 Å². The summed E-state index contributed by atoms with van der Waals surface area (Å²) in [6.07, 6.45) is 5.10. The summed E-state index contributed by atoms with van der Waals surface area (Å²) in [6.45, 7) is 2.86. The first-order chi connectivity index (χ1) is 9.04. The second kappa shape index (κ2) is 5.71. The molecule has 0 aromatic carbocycles. The third-order valence-corrected chi connectivity index (χ3v) is 2.73. The topological polar surface area (TPSA) is 63.3 Å². The van der Waals surface area contributed by atoms with E-state index >= 15 is 0 Å². The zero-order chi connectivity index (χ0) is 13.8. The molecule has 0 unspecified atom stereocenters. The van der Waals surface area contributed by atoms with Gasteiger partial charge in [-0.2, -0.15) is 5.10 Å². The lowest BCUT2D eigenvalue weighted by atomic mass is 10.3. The van der Waals surface area contributed by atoms with E-state index in [1.54, 1.807) is 23.4 Å². The molecule has 0 aliphatic rings. The van der Waals surface area contributed by atoms with Gasteiger partial charge in [0.25, 0.3) is 0 Å². The molecule has 2 aromatic rings. The van der Waals surface area contributed by atoms with Crippen LogP contribution >= 0.6 is 0 Å². The minimum atomic E-state index is -0.0536. The summed E-state index contributed by atoms with van der Waals surface area (Å²) in [4.78, 5) is 13.8. The number of hydrogen-bond acceptors (Lipinski definition) is 4. The van der Waals surface area contributed by atoms with Crippen LogP contribution in [0.1, 0.15) is 11.3 Å². The van der Waals surface area contributed by atoms with Crippen LogP contribution in [0.3, 0.4) is 0 Å². The zero-order valence-electron chi connectivity index (χ0n) is 11.4.